The van der Waals surface area contributed by atoms with Crippen LogP contribution in [0, 0.1) is 11.8 Å². The second-order valence-electron chi connectivity index (χ2n) is 12.8. The summed E-state index contributed by atoms with van der Waals surface area (Å²) in [7, 11) is 1.67. The minimum absolute atomic E-state index is 0.00305. The third-order valence-corrected chi connectivity index (χ3v) is 8.51. The third-order valence-electron chi connectivity index (χ3n) is 8.51. The topological polar surface area (TPSA) is 75.5 Å². The molecule has 3 heterocycles. The summed E-state index contributed by atoms with van der Waals surface area (Å²) in [6.45, 7) is 13.2. The summed E-state index contributed by atoms with van der Waals surface area (Å²) >= 11 is 0. The molecule has 0 saturated carbocycles. The normalized spacial score (nSPS) is 14.4. The highest BCUT2D eigenvalue weighted by Crippen LogP contribution is 2.33. The third kappa shape index (κ3) is 7.97. The smallest absolute Gasteiger partial charge is 0.272 e. The molecule has 1 saturated heterocycles. The molecule has 1 fully saturated rings. The van der Waals surface area contributed by atoms with Gasteiger partial charge in [0, 0.05) is 44.5 Å². The van der Waals surface area contributed by atoms with Gasteiger partial charge in [0.05, 0.1) is 7.11 Å². The number of rotatable bonds is 13. The molecule has 4 aromatic rings. The number of nitrogens with one attached hydrogen (secondary N) is 1. The van der Waals surface area contributed by atoms with Crippen LogP contribution in [-0.4, -0.2) is 63.5 Å². The number of anilines is 2. The van der Waals surface area contributed by atoms with E-state index < -0.39 is 0 Å². The van der Waals surface area contributed by atoms with Crippen LogP contribution in [-0.2, 0) is 6.54 Å². The second kappa shape index (κ2) is 14.7. The first-order chi connectivity index (χ1) is 21.3. The SMILES string of the molecule is COc1ccc(Nc2nc3ccc(C(=O)N(CCC(C)C)CCC(C)C)nc3n2C2CCN(Cc3ccccc3)CC2)cc1. The van der Waals surface area contributed by atoms with Crippen molar-refractivity contribution >= 4 is 28.7 Å². The molecule has 44 heavy (non-hydrogen) atoms. The fourth-order valence-electron chi connectivity index (χ4n) is 5.81. The Hall–Kier alpha value is -3.91. The van der Waals surface area contributed by atoms with Crippen molar-refractivity contribution < 1.29 is 9.53 Å². The van der Waals surface area contributed by atoms with Crippen molar-refractivity contribution in [3.63, 3.8) is 0 Å². The predicted octanol–water partition coefficient (Wildman–Crippen LogP) is 7.56. The zero-order chi connectivity index (χ0) is 31.1. The number of nitrogens with zero attached hydrogens (tertiary/aromatic N) is 5. The van der Waals surface area contributed by atoms with Gasteiger partial charge in [0.2, 0.25) is 5.95 Å². The first-order valence-electron chi connectivity index (χ1n) is 16.2. The molecule has 0 bridgehead atoms. The number of hydrogen-bond donors (Lipinski definition) is 1. The van der Waals surface area contributed by atoms with Crippen LogP contribution >= 0.6 is 0 Å². The van der Waals surface area contributed by atoms with Gasteiger partial charge >= 0.3 is 0 Å². The summed E-state index contributed by atoms with van der Waals surface area (Å²) in [5.74, 6) is 2.61. The highest BCUT2D eigenvalue weighted by atomic mass is 16.5. The molecule has 0 atom stereocenters. The van der Waals surface area contributed by atoms with Gasteiger partial charge < -0.3 is 15.0 Å². The second-order valence-corrected chi connectivity index (χ2v) is 12.8. The van der Waals surface area contributed by atoms with Gasteiger partial charge in [-0.3, -0.25) is 14.3 Å². The molecule has 1 aliphatic heterocycles. The van der Waals surface area contributed by atoms with E-state index in [1.165, 1.54) is 5.56 Å². The molecule has 8 heteroatoms. The summed E-state index contributed by atoms with van der Waals surface area (Å²) in [6, 6.07) is 22.6. The van der Waals surface area contributed by atoms with Gasteiger partial charge in [0.15, 0.2) is 5.65 Å². The van der Waals surface area contributed by atoms with Crippen molar-refractivity contribution in [1.29, 1.82) is 0 Å². The van der Waals surface area contributed by atoms with E-state index in [9.17, 15) is 4.79 Å². The Bertz CT molecular complexity index is 1480. The number of hydrogen-bond acceptors (Lipinski definition) is 6. The summed E-state index contributed by atoms with van der Waals surface area (Å²) in [5.41, 5.74) is 4.31. The largest absolute Gasteiger partial charge is 0.497 e. The molecule has 8 nitrogen and oxygen atoms in total. The molecular weight excluding hydrogens is 548 g/mol. The minimum atomic E-state index is 0.00305. The molecular formula is C36H48N6O2. The number of carbonyl (C=O) groups excluding carboxylic acids is 1. The van der Waals surface area contributed by atoms with E-state index in [0.717, 1.165) is 87.0 Å². The van der Waals surface area contributed by atoms with Gasteiger partial charge in [-0.15, -0.1) is 0 Å². The number of amides is 1. The van der Waals surface area contributed by atoms with Crippen molar-refractivity contribution in [3.05, 3.63) is 78.0 Å². The summed E-state index contributed by atoms with van der Waals surface area (Å²) in [4.78, 5) is 28.4. The van der Waals surface area contributed by atoms with Gasteiger partial charge in [-0.1, -0.05) is 58.0 Å². The van der Waals surface area contributed by atoms with Crippen LogP contribution in [0.3, 0.4) is 0 Å². The Labute approximate surface area is 262 Å². The van der Waals surface area contributed by atoms with Crippen molar-refractivity contribution in [2.45, 2.75) is 66.0 Å². The van der Waals surface area contributed by atoms with Gasteiger partial charge in [-0.05, 0) is 79.5 Å². The Kier molecular flexibility index (Phi) is 10.5. The van der Waals surface area contributed by atoms with Gasteiger partial charge in [-0.25, -0.2) is 9.97 Å². The molecule has 234 valence electrons. The Morgan fingerprint density at radius 2 is 1.57 bits per heavy atom. The summed E-state index contributed by atoms with van der Waals surface area (Å²) < 4.78 is 7.59. The van der Waals surface area contributed by atoms with Crippen LogP contribution in [0.1, 0.15) is 75.5 Å². The standard InChI is InChI=1S/C36H48N6O2/c1-26(2)17-23-41(24-18-27(3)4)35(43)33-16-15-32-34(38-33)42(36(39-32)37-29-11-13-31(44-5)14-12-29)30-19-21-40(22-20-30)25-28-9-7-6-8-10-28/h6-16,26-27,30H,17-25H2,1-5H3,(H,37,39). The van der Waals surface area contributed by atoms with E-state index in [1.54, 1.807) is 7.11 Å². The monoisotopic (exact) mass is 596 g/mol. The van der Waals surface area contributed by atoms with E-state index in [4.69, 9.17) is 14.7 Å². The molecule has 0 aliphatic carbocycles. The predicted molar refractivity (Wildman–Crippen MR) is 179 cm³/mol. The van der Waals surface area contributed by atoms with Crippen molar-refractivity contribution in [2.24, 2.45) is 11.8 Å². The van der Waals surface area contributed by atoms with Crippen LogP contribution in [0.5, 0.6) is 5.75 Å². The number of aromatic nitrogens is 3. The molecule has 2 aromatic heterocycles. The molecule has 5 rings (SSSR count). The Morgan fingerprint density at radius 1 is 0.909 bits per heavy atom. The number of pyridine rings is 1. The fraction of sp³-hybridized carbons (Fsp3) is 0.472. The maximum absolute atomic E-state index is 13.9. The Morgan fingerprint density at radius 3 is 2.18 bits per heavy atom. The summed E-state index contributed by atoms with van der Waals surface area (Å²) in [5, 5.41) is 3.55. The number of methoxy groups -OCH3 is 1. The van der Waals surface area contributed by atoms with E-state index in [1.807, 2.05) is 41.3 Å². The Balaban J connectivity index is 1.44. The van der Waals surface area contributed by atoms with Crippen LogP contribution in [0.25, 0.3) is 11.2 Å². The van der Waals surface area contributed by atoms with E-state index in [-0.39, 0.29) is 11.9 Å². The van der Waals surface area contributed by atoms with Crippen LogP contribution < -0.4 is 10.1 Å². The lowest BCUT2D eigenvalue weighted by atomic mass is 10.0. The minimum Gasteiger partial charge on any atom is -0.497 e. The number of fused-ring (bicyclic) bond motifs is 1. The van der Waals surface area contributed by atoms with Crippen LogP contribution in [0.15, 0.2) is 66.7 Å². The van der Waals surface area contributed by atoms with Gasteiger partial charge in [0.25, 0.3) is 5.91 Å². The molecule has 1 aliphatic rings. The first kappa shape index (κ1) is 31.5. The number of likely N-dealkylation sites (tertiary alicyclic amines) is 1. The van der Waals surface area contributed by atoms with Crippen LogP contribution in [0.2, 0.25) is 0 Å². The first-order valence-corrected chi connectivity index (χ1v) is 16.2. The quantitative estimate of drug-likeness (QED) is 0.172. The average molecular weight is 597 g/mol. The number of carbonyl (C=O) groups is 1. The van der Waals surface area contributed by atoms with E-state index in [2.05, 4.69) is 72.8 Å². The average Bonchev–Trinajstić information content (AvgIpc) is 3.38. The van der Waals surface area contributed by atoms with E-state index >= 15 is 0 Å². The number of benzene rings is 2. The molecule has 0 spiro atoms. The van der Waals surface area contributed by atoms with E-state index in [0.29, 0.717) is 17.5 Å². The lowest BCUT2D eigenvalue weighted by molar-refractivity contribution is 0.0735. The zero-order valence-corrected chi connectivity index (χ0v) is 27.0. The lowest BCUT2D eigenvalue weighted by Gasteiger charge is -2.33. The molecule has 0 radical (unpaired) electrons. The number of imidazole rings is 1. The molecule has 2 aromatic carbocycles. The van der Waals surface area contributed by atoms with Crippen molar-refractivity contribution in [1.82, 2.24) is 24.3 Å². The maximum Gasteiger partial charge on any atom is 0.272 e. The molecule has 1 N–H and O–H groups in total. The van der Waals surface area contributed by atoms with Gasteiger partial charge in [0.1, 0.15) is 17.0 Å². The van der Waals surface area contributed by atoms with Crippen molar-refractivity contribution in [3.8, 4) is 5.75 Å². The zero-order valence-electron chi connectivity index (χ0n) is 27.0. The highest BCUT2D eigenvalue weighted by molar-refractivity contribution is 5.94. The number of piperidine rings is 1. The molecule has 1 amide bonds. The fourth-order valence-corrected chi connectivity index (χ4v) is 5.81. The molecule has 0 unspecified atom stereocenters. The summed E-state index contributed by atoms with van der Waals surface area (Å²) in [6.07, 6.45) is 3.90. The highest BCUT2D eigenvalue weighted by Gasteiger charge is 2.27. The van der Waals surface area contributed by atoms with Crippen molar-refractivity contribution in [2.75, 3.05) is 38.6 Å². The maximum atomic E-state index is 13.9. The van der Waals surface area contributed by atoms with Crippen LogP contribution in [0.4, 0.5) is 11.6 Å². The number of ether oxygens (including phenoxy) is 1. The lowest BCUT2D eigenvalue weighted by Crippen LogP contribution is -2.35. The van der Waals surface area contributed by atoms with Gasteiger partial charge in [-0.2, -0.15) is 0 Å².